The van der Waals surface area contributed by atoms with Gasteiger partial charge in [0.25, 0.3) is 5.91 Å². The summed E-state index contributed by atoms with van der Waals surface area (Å²) >= 11 is 0. The first-order chi connectivity index (χ1) is 11.9. The van der Waals surface area contributed by atoms with Gasteiger partial charge in [0, 0.05) is 24.1 Å². The fourth-order valence-corrected chi connectivity index (χ4v) is 2.68. The Morgan fingerprint density at radius 2 is 2.00 bits per heavy atom. The van der Waals surface area contributed by atoms with Gasteiger partial charge in [-0.05, 0) is 50.6 Å². The van der Waals surface area contributed by atoms with E-state index in [4.69, 9.17) is 0 Å². The first-order valence-electron chi connectivity index (χ1n) is 7.99. The molecule has 25 heavy (non-hydrogen) atoms. The van der Waals surface area contributed by atoms with E-state index >= 15 is 0 Å². The molecule has 1 N–H and O–H groups in total. The molecular formula is C19H18FN3O2. The van der Waals surface area contributed by atoms with Gasteiger partial charge in [0.1, 0.15) is 17.0 Å². The van der Waals surface area contributed by atoms with E-state index in [0.717, 1.165) is 5.69 Å². The summed E-state index contributed by atoms with van der Waals surface area (Å²) in [6, 6.07) is 7.54. The molecule has 128 valence electrons. The van der Waals surface area contributed by atoms with Crippen LogP contribution in [0, 0.1) is 19.7 Å². The first-order valence-corrected chi connectivity index (χ1v) is 7.99. The maximum absolute atomic E-state index is 13.4. The Balaban J connectivity index is 2.10. The quantitative estimate of drug-likeness (QED) is 0.795. The largest absolute Gasteiger partial charge is 0.332 e. The van der Waals surface area contributed by atoms with E-state index in [-0.39, 0.29) is 5.56 Å². The van der Waals surface area contributed by atoms with E-state index in [2.05, 4.69) is 10.3 Å². The van der Waals surface area contributed by atoms with Gasteiger partial charge in [0.05, 0.1) is 5.39 Å². The number of amides is 1. The zero-order valence-electron chi connectivity index (χ0n) is 14.3. The van der Waals surface area contributed by atoms with E-state index < -0.39 is 17.2 Å². The number of rotatable bonds is 3. The Labute approximate surface area is 144 Å². The standard InChI is InChI=1S/C19H18FN3O2/c1-4-23-10-15(17(24)14-8-6-12(3)21-18(14)23)19(25)22-16-9-13(20)7-5-11(16)2/h5-10H,4H2,1-3H3,(H,22,25). The van der Waals surface area contributed by atoms with Crippen molar-refractivity contribution in [2.24, 2.45) is 0 Å². The molecule has 0 bridgehead atoms. The summed E-state index contributed by atoms with van der Waals surface area (Å²) in [5.74, 6) is -1.02. The van der Waals surface area contributed by atoms with Crippen LogP contribution >= 0.6 is 0 Å². The summed E-state index contributed by atoms with van der Waals surface area (Å²) in [4.78, 5) is 29.7. The number of pyridine rings is 2. The minimum Gasteiger partial charge on any atom is -0.332 e. The lowest BCUT2D eigenvalue weighted by molar-refractivity contribution is 0.102. The highest BCUT2D eigenvalue weighted by Crippen LogP contribution is 2.17. The maximum Gasteiger partial charge on any atom is 0.261 e. The molecule has 0 unspecified atom stereocenters. The number of hydrogen-bond acceptors (Lipinski definition) is 3. The first kappa shape index (κ1) is 16.8. The van der Waals surface area contributed by atoms with Crippen LogP contribution in [-0.2, 0) is 6.54 Å². The van der Waals surface area contributed by atoms with Crippen molar-refractivity contribution in [1.29, 1.82) is 0 Å². The fourth-order valence-electron chi connectivity index (χ4n) is 2.68. The second kappa shape index (κ2) is 6.47. The van der Waals surface area contributed by atoms with Crippen LogP contribution in [0.2, 0.25) is 0 Å². The molecule has 0 spiro atoms. The Morgan fingerprint density at radius 3 is 2.72 bits per heavy atom. The third-order valence-corrected chi connectivity index (χ3v) is 4.09. The number of aromatic nitrogens is 2. The second-order valence-corrected chi connectivity index (χ2v) is 5.90. The van der Waals surface area contributed by atoms with Crippen molar-refractivity contribution in [3.8, 4) is 0 Å². The highest BCUT2D eigenvalue weighted by Gasteiger charge is 2.17. The number of nitrogens with zero attached hydrogens (tertiary/aromatic N) is 2. The number of fused-ring (bicyclic) bond motifs is 1. The average molecular weight is 339 g/mol. The zero-order valence-corrected chi connectivity index (χ0v) is 14.3. The van der Waals surface area contributed by atoms with Crippen LogP contribution < -0.4 is 10.7 Å². The topological polar surface area (TPSA) is 64.0 Å². The molecule has 0 radical (unpaired) electrons. The van der Waals surface area contributed by atoms with Crippen molar-refractivity contribution < 1.29 is 9.18 Å². The number of nitrogens with one attached hydrogen (secondary N) is 1. The highest BCUT2D eigenvalue weighted by molar-refractivity contribution is 6.05. The van der Waals surface area contributed by atoms with Gasteiger partial charge in [-0.2, -0.15) is 0 Å². The molecule has 3 aromatic rings. The minimum atomic E-state index is -0.566. The number of carbonyl (C=O) groups is 1. The van der Waals surface area contributed by atoms with Gasteiger partial charge in [-0.25, -0.2) is 9.37 Å². The lowest BCUT2D eigenvalue weighted by Crippen LogP contribution is -2.24. The normalized spacial score (nSPS) is 10.9. The van der Waals surface area contributed by atoms with Gasteiger partial charge in [-0.3, -0.25) is 9.59 Å². The third kappa shape index (κ3) is 3.15. The number of benzene rings is 1. The summed E-state index contributed by atoms with van der Waals surface area (Å²) in [6.07, 6.45) is 1.50. The van der Waals surface area contributed by atoms with Crippen molar-refractivity contribution in [2.45, 2.75) is 27.3 Å². The van der Waals surface area contributed by atoms with Crippen molar-refractivity contribution in [3.63, 3.8) is 0 Å². The Bertz CT molecular complexity index is 1040. The summed E-state index contributed by atoms with van der Waals surface area (Å²) in [5, 5.41) is 3.01. The molecule has 0 saturated carbocycles. The average Bonchev–Trinajstić information content (AvgIpc) is 2.58. The van der Waals surface area contributed by atoms with Crippen molar-refractivity contribution >= 4 is 22.6 Å². The van der Waals surface area contributed by atoms with Crippen LogP contribution in [0.4, 0.5) is 10.1 Å². The van der Waals surface area contributed by atoms with Crippen LogP contribution in [-0.4, -0.2) is 15.5 Å². The number of anilines is 1. The van der Waals surface area contributed by atoms with E-state index in [1.165, 1.54) is 18.3 Å². The minimum absolute atomic E-state index is 0.00339. The van der Waals surface area contributed by atoms with Gasteiger partial charge in [0.15, 0.2) is 0 Å². The highest BCUT2D eigenvalue weighted by atomic mass is 19.1. The van der Waals surface area contributed by atoms with Crippen LogP contribution in [0.5, 0.6) is 0 Å². The molecular weight excluding hydrogens is 321 g/mol. The molecule has 0 saturated heterocycles. The molecule has 5 nitrogen and oxygen atoms in total. The van der Waals surface area contributed by atoms with Crippen LogP contribution in [0.1, 0.15) is 28.5 Å². The predicted molar refractivity (Wildman–Crippen MR) is 95.5 cm³/mol. The molecule has 3 rings (SSSR count). The molecule has 0 aliphatic rings. The summed E-state index contributed by atoms with van der Waals surface area (Å²) in [7, 11) is 0. The second-order valence-electron chi connectivity index (χ2n) is 5.90. The molecule has 1 amide bonds. The molecule has 1 aromatic carbocycles. The smallest absolute Gasteiger partial charge is 0.261 e. The summed E-state index contributed by atoms with van der Waals surface area (Å²) < 4.78 is 15.2. The lowest BCUT2D eigenvalue weighted by atomic mass is 10.1. The van der Waals surface area contributed by atoms with E-state index in [1.807, 2.05) is 13.8 Å². The number of carbonyl (C=O) groups excluding carboxylic acids is 1. The summed E-state index contributed by atoms with van der Waals surface area (Å²) in [6.45, 7) is 6.07. The Morgan fingerprint density at radius 1 is 1.24 bits per heavy atom. The maximum atomic E-state index is 13.4. The predicted octanol–water partition coefficient (Wildman–Crippen LogP) is 3.42. The molecule has 0 aliphatic carbocycles. The van der Waals surface area contributed by atoms with Gasteiger partial charge >= 0.3 is 0 Å². The van der Waals surface area contributed by atoms with Gasteiger partial charge in [-0.15, -0.1) is 0 Å². The van der Waals surface area contributed by atoms with Crippen LogP contribution in [0.3, 0.4) is 0 Å². The Kier molecular flexibility index (Phi) is 4.35. The van der Waals surface area contributed by atoms with E-state index in [1.54, 1.807) is 29.7 Å². The van der Waals surface area contributed by atoms with Gasteiger partial charge in [-0.1, -0.05) is 6.07 Å². The molecule has 2 heterocycles. The number of hydrogen-bond donors (Lipinski definition) is 1. The van der Waals surface area contributed by atoms with E-state index in [9.17, 15) is 14.0 Å². The van der Waals surface area contributed by atoms with Crippen LogP contribution in [0.25, 0.3) is 11.0 Å². The van der Waals surface area contributed by atoms with Gasteiger partial charge < -0.3 is 9.88 Å². The summed E-state index contributed by atoms with van der Waals surface area (Å²) in [5.41, 5.74) is 2.01. The lowest BCUT2D eigenvalue weighted by Gasteiger charge is -2.12. The SMILES string of the molecule is CCn1cc(C(=O)Nc2cc(F)ccc2C)c(=O)c2ccc(C)nc21. The number of halogens is 1. The number of aryl methyl sites for hydroxylation is 3. The molecule has 0 aliphatic heterocycles. The third-order valence-electron chi connectivity index (χ3n) is 4.09. The van der Waals surface area contributed by atoms with Crippen molar-refractivity contribution in [1.82, 2.24) is 9.55 Å². The fraction of sp³-hybridized carbons (Fsp3) is 0.211. The van der Waals surface area contributed by atoms with E-state index in [0.29, 0.717) is 28.8 Å². The Hall–Kier alpha value is -3.02. The van der Waals surface area contributed by atoms with Crippen molar-refractivity contribution in [3.05, 3.63) is 69.4 Å². The van der Waals surface area contributed by atoms with Gasteiger partial charge in [0.2, 0.25) is 5.43 Å². The molecule has 0 fully saturated rings. The molecule has 0 atom stereocenters. The van der Waals surface area contributed by atoms with Crippen molar-refractivity contribution in [2.75, 3.05) is 5.32 Å². The van der Waals surface area contributed by atoms with Crippen LogP contribution in [0.15, 0.2) is 41.3 Å². The zero-order chi connectivity index (χ0) is 18.1. The molecule has 6 heteroatoms. The molecule has 2 aromatic heterocycles. The monoisotopic (exact) mass is 339 g/mol.